The van der Waals surface area contributed by atoms with E-state index < -0.39 is 0 Å². The first-order valence-electron chi connectivity index (χ1n) is 4.44. The van der Waals surface area contributed by atoms with Crippen LogP contribution in [0.25, 0.3) is 0 Å². The van der Waals surface area contributed by atoms with E-state index in [4.69, 9.17) is 5.73 Å². The van der Waals surface area contributed by atoms with Gasteiger partial charge >= 0.3 is 0 Å². The topological polar surface area (TPSA) is 43.8 Å². The Hall–Kier alpha value is -0.830. The molecule has 1 aliphatic carbocycles. The van der Waals surface area contributed by atoms with Crippen molar-refractivity contribution < 1.29 is 0 Å². The van der Waals surface area contributed by atoms with Gasteiger partial charge in [0.1, 0.15) is 0 Å². The normalized spacial score (nSPS) is 19.6. The minimum Gasteiger partial charge on any atom is -0.324 e. The van der Waals surface area contributed by atoms with E-state index in [0.29, 0.717) is 5.92 Å². The summed E-state index contributed by atoms with van der Waals surface area (Å²) >= 11 is 0. The fraction of sp³-hybridized carbons (Fsp3) is 0.667. The molecule has 0 aromatic carbocycles. The van der Waals surface area contributed by atoms with E-state index in [0.717, 1.165) is 5.69 Å². The number of hydrogen-bond acceptors (Lipinski definition) is 2. The minimum atomic E-state index is 0.221. The highest BCUT2D eigenvalue weighted by Gasteiger charge is 2.31. The molecular weight excluding hydrogens is 150 g/mol. The fourth-order valence-corrected chi connectivity index (χ4v) is 1.65. The molecule has 0 radical (unpaired) electrons. The van der Waals surface area contributed by atoms with Gasteiger partial charge < -0.3 is 5.73 Å². The number of nitrogens with zero attached hydrogens (tertiary/aromatic N) is 2. The van der Waals surface area contributed by atoms with E-state index in [1.165, 1.54) is 18.4 Å². The van der Waals surface area contributed by atoms with Gasteiger partial charge in [-0.05, 0) is 25.7 Å². The molecule has 0 saturated heterocycles. The Morgan fingerprint density at radius 1 is 1.67 bits per heavy atom. The average Bonchev–Trinajstić information content (AvgIpc) is 2.77. The summed E-state index contributed by atoms with van der Waals surface area (Å²) in [5.74, 6) is 0.716. The van der Waals surface area contributed by atoms with E-state index >= 15 is 0 Å². The molecule has 1 atom stereocenters. The molecule has 66 valence electrons. The molecule has 0 aliphatic heterocycles. The first-order chi connectivity index (χ1) is 5.68. The first kappa shape index (κ1) is 7.80. The van der Waals surface area contributed by atoms with Gasteiger partial charge in [0.05, 0.1) is 5.69 Å². The highest BCUT2D eigenvalue weighted by Crippen LogP contribution is 2.39. The first-order valence-corrected chi connectivity index (χ1v) is 4.44. The van der Waals surface area contributed by atoms with Gasteiger partial charge in [0, 0.05) is 24.8 Å². The summed E-state index contributed by atoms with van der Waals surface area (Å²) in [6.45, 7) is 2.03. The van der Waals surface area contributed by atoms with Crippen LogP contribution in [-0.4, -0.2) is 9.78 Å². The van der Waals surface area contributed by atoms with Crippen LogP contribution in [0.15, 0.2) is 6.20 Å². The van der Waals surface area contributed by atoms with Crippen LogP contribution in [0.3, 0.4) is 0 Å². The molecule has 1 unspecified atom stereocenters. The Balaban J connectivity index is 2.25. The zero-order valence-electron chi connectivity index (χ0n) is 7.62. The molecular formula is C9H15N3. The van der Waals surface area contributed by atoms with Crippen LogP contribution in [0.1, 0.15) is 30.1 Å². The summed E-state index contributed by atoms with van der Waals surface area (Å²) in [5.41, 5.74) is 8.36. The van der Waals surface area contributed by atoms with Gasteiger partial charge in [-0.2, -0.15) is 5.10 Å². The molecule has 1 aliphatic rings. The monoisotopic (exact) mass is 165 g/mol. The molecule has 0 amide bonds. The van der Waals surface area contributed by atoms with E-state index in [9.17, 15) is 0 Å². The van der Waals surface area contributed by atoms with Crippen LogP contribution in [0, 0.1) is 12.8 Å². The van der Waals surface area contributed by atoms with Crippen molar-refractivity contribution in [1.29, 1.82) is 0 Å². The summed E-state index contributed by atoms with van der Waals surface area (Å²) in [6, 6.07) is 0.221. The van der Waals surface area contributed by atoms with Crippen LogP contribution in [-0.2, 0) is 7.05 Å². The number of aryl methyl sites for hydroxylation is 2. The van der Waals surface area contributed by atoms with Crippen molar-refractivity contribution in [2.45, 2.75) is 25.8 Å². The van der Waals surface area contributed by atoms with Crippen molar-refractivity contribution in [3.8, 4) is 0 Å². The van der Waals surface area contributed by atoms with Gasteiger partial charge in [-0.25, -0.2) is 0 Å². The standard InChI is InChI=1S/C9H15N3/c1-6-8(5-12(2)11-6)9(10)7-3-4-7/h5,7,9H,3-4,10H2,1-2H3. The Labute approximate surface area is 72.6 Å². The predicted octanol–water partition coefficient (Wildman–Crippen LogP) is 1.14. The number of nitrogens with two attached hydrogens (primary N) is 1. The number of hydrogen-bond donors (Lipinski definition) is 1. The molecule has 2 N–H and O–H groups in total. The van der Waals surface area contributed by atoms with E-state index in [2.05, 4.69) is 5.10 Å². The lowest BCUT2D eigenvalue weighted by atomic mass is 10.1. The molecule has 1 saturated carbocycles. The zero-order valence-corrected chi connectivity index (χ0v) is 7.62. The summed E-state index contributed by atoms with van der Waals surface area (Å²) in [4.78, 5) is 0. The van der Waals surface area contributed by atoms with Gasteiger partial charge in [-0.1, -0.05) is 0 Å². The third-order valence-corrected chi connectivity index (χ3v) is 2.54. The van der Waals surface area contributed by atoms with Crippen LogP contribution in [0.2, 0.25) is 0 Å². The summed E-state index contributed by atoms with van der Waals surface area (Å²) in [6.07, 6.45) is 4.61. The SMILES string of the molecule is Cc1nn(C)cc1C(N)C1CC1. The molecule has 0 spiro atoms. The molecule has 12 heavy (non-hydrogen) atoms. The zero-order chi connectivity index (χ0) is 8.72. The highest BCUT2D eigenvalue weighted by molar-refractivity contribution is 5.21. The molecule has 0 bridgehead atoms. The highest BCUT2D eigenvalue weighted by atomic mass is 15.2. The largest absolute Gasteiger partial charge is 0.324 e. The van der Waals surface area contributed by atoms with Crippen molar-refractivity contribution >= 4 is 0 Å². The molecule has 1 heterocycles. The van der Waals surface area contributed by atoms with Crippen molar-refractivity contribution in [1.82, 2.24) is 9.78 Å². The smallest absolute Gasteiger partial charge is 0.0641 e. The Morgan fingerprint density at radius 3 is 2.75 bits per heavy atom. The van der Waals surface area contributed by atoms with Crippen molar-refractivity contribution in [3.05, 3.63) is 17.5 Å². The van der Waals surface area contributed by atoms with Crippen LogP contribution in [0.4, 0.5) is 0 Å². The number of aromatic nitrogens is 2. The van der Waals surface area contributed by atoms with Crippen LogP contribution >= 0.6 is 0 Å². The van der Waals surface area contributed by atoms with Gasteiger partial charge in [0.25, 0.3) is 0 Å². The van der Waals surface area contributed by atoms with Crippen LogP contribution < -0.4 is 5.73 Å². The minimum absolute atomic E-state index is 0.221. The average molecular weight is 165 g/mol. The molecule has 3 nitrogen and oxygen atoms in total. The lowest BCUT2D eigenvalue weighted by molar-refractivity contribution is 0.629. The second-order valence-corrected chi connectivity index (χ2v) is 3.71. The molecule has 1 aromatic rings. The Kier molecular flexibility index (Phi) is 1.68. The third-order valence-electron chi connectivity index (χ3n) is 2.54. The van der Waals surface area contributed by atoms with Crippen molar-refractivity contribution in [2.75, 3.05) is 0 Å². The van der Waals surface area contributed by atoms with E-state index in [-0.39, 0.29) is 6.04 Å². The third kappa shape index (κ3) is 1.25. The molecule has 3 heteroatoms. The molecule has 2 rings (SSSR count). The van der Waals surface area contributed by atoms with Crippen molar-refractivity contribution in [2.24, 2.45) is 18.7 Å². The quantitative estimate of drug-likeness (QED) is 0.714. The molecule has 1 aromatic heterocycles. The van der Waals surface area contributed by atoms with E-state index in [1.54, 1.807) is 0 Å². The van der Waals surface area contributed by atoms with Gasteiger partial charge in [0.2, 0.25) is 0 Å². The van der Waals surface area contributed by atoms with Gasteiger partial charge in [-0.3, -0.25) is 4.68 Å². The molecule has 1 fully saturated rings. The fourth-order valence-electron chi connectivity index (χ4n) is 1.65. The predicted molar refractivity (Wildman–Crippen MR) is 47.6 cm³/mol. The lowest BCUT2D eigenvalue weighted by Gasteiger charge is -2.07. The Morgan fingerprint density at radius 2 is 2.33 bits per heavy atom. The van der Waals surface area contributed by atoms with Gasteiger partial charge in [0.15, 0.2) is 0 Å². The van der Waals surface area contributed by atoms with Gasteiger partial charge in [-0.15, -0.1) is 0 Å². The Bertz CT molecular complexity index is 286. The maximum Gasteiger partial charge on any atom is 0.0641 e. The van der Waals surface area contributed by atoms with Crippen molar-refractivity contribution in [3.63, 3.8) is 0 Å². The number of rotatable bonds is 2. The maximum absolute atomic E-state index is 6.06. The second-order valence-electron chi connectivity index (χ2n) is 3.71. The summed E-state index contributed by atoms with van der Waals surface area (Å²) < 4.78 is 1.84. The summed E-state index contributed by atoms with van der Waals surface area (Å²) in [7, 11) is 1.94. The van der Waals surface area contributed by atoms with Crippen LogP contribution in [0.5, 0.6) is 0 Å². The van der Waals surface area contributed by atoms with E-state index in [1.807, 2.05) is 24.9 Å². The lowest BCUT2D eigenvalue weighted by Crippen LogP contribution is -2.12. The maximum atomic E-state index is 6.06. The summed E-state index contributed by atoms with van der Waals surface area (Å²) in [5, 5.41) is 4.28. The second kappa shape index (κ2) is 2.59.